The quantitative estimate of drug-likeness (QED) is 0.526. The third-order valence-electron chi connectivity index (χ3n) is 7.51. The first-order valence-electron chi connectivity index (χ1n) is 9.82. The molecule has 3 nitrogen and oxygen atoms in total. The molecule has 0 aromatic carbocycles. The molecule has 0 radical (unpaired) electrons. The Hall–Kier alpha value is -0.483. The molecule has 2 bridgehead atoms. The SMILES string of the molecule is CC(C)(C)[Si](C)(C)O[C@H]1[C@H]2CCCC[C@@]13CCC(=O)[C@H]3C(=O)CC2. The van der Waals surface area contributed by atoms with E-state index in [0.29, 0.717) is 18.8 Å². The topological polar surface area (TPSA) is 43.4 Å². The summed E-state index contributed by atoms with van der Waals surface area (Å²) in [6, 6.07) is 0. The molecule has 4 heteroatoms. The van der Waals surface area contributed by atoms with Gasteiger partial charge < -0.3 is 4.43 Å². The number of fused-ring (bicyclic) bond motifs is 1. The largest absolute Gasteiger partial charge is 0.413 e. The van der Waals surface area contributed by atoms with Gasteiger partial charge in [0.25, 0.3) is 0 Å². The molecule has 0 amide bonds. The van der Waals surface area contributed by atoms with E-state index in [4.69, 9.17) is 4.43 Å². The molecule has 3 saturated carbocycles. The molecule has 24 heavy (non-hydrogen) atoms. The average Bonchev–Trinajstić information content (AvgIpc) is 2.65. The van der Waals surface area contributed by atoms with Crippen molar-refractivity contribution >= 4 is 19.9 Å². The highest BCUT2D eigenvalue weighted by molar-refractivity contribution is 6.74. The molecule has 1 spiro atoms. The Morgan fingerprint density at radius 2 is 1.67 bits per heavy atom. The fourth-order valence-electron chi connectivity index (χ4n) is 5.14. The van der Waals surface area contributed by atoms with Gasteiger partial charge in [-0.1, -0.05) is 33.6 Å². The summed E-state index contributed by atoms with van der Waals surface area (Å²) in [5.41, 5.74) is -0.193. The van der Waals surface area contributed by atoms with Crippen LogP contribution < -0.4 is 0 Å². The summed E-state index contributed by atoms with van der Waals surface area (Å²) in [5.74, 6) is 0.508. The Kier molecular flexibility index (Phi) is 4.61. The molecule has 0 unspecified atom stereocenters. The van der Waals surface area contributed by atoms with Gasteiger partial charge in [0.2, 0.25) is 0 Å². The van der Waals surface area contributed by atoms with E-state index < -0.39 is 8.32 Å². The highest BCUT2D eigenvalue weighted by Gasteiger charge is 2.60. The molecular weight excluding hydrogens is 316 g/mol. The summed E-state index contributed by atoms with van der Waals surface area (Å²) in [7, 11) is -1.93. The predicted molar refractivity (Wildman–Crippen MR) is 98.4 cm³/mol. The molecule has 3 rings (SSSR count). The van der Waals surface area contributed by atoms with Crippen molar-refractivity contribution < 1.29 is 14.0 Å². The first-order chi connectivity index (χ1) is 11.1. The van der Waals surface area contributed by atoms with E-state index >= 15 is 0 Å². The normalized spacial score (nSPS) is 37.8. The summed E-state index contributed by atoms with van der Waals surface area (Å²) in [4.78, 5) is 25.4. The number of hydrogen-bond donors (Lipinski definition) is 0. The fraction of sp³-hybridized carbons (Fsp3) is 0.900. The molecule has 0 aromatic heterocycles. The van der Waals surface area contributed by atoms with Crippen LogP contribution in [-0.2, 0) is 14.0 Å². The van der Waals surface area contributed by atoms with Crippen molar-refractivity contribution in [2.24, 2.45) is 17.3 Å². The first kappa shape index (κ1) is 18.3. The predicted octanol–water partition coefficient (Wildman–Crippen LogP) is 4.90. The average molecular weight is 351 g/mol. The van der Waals surface area contributed by atoms with Gasteiger partial charge in [0, 0.05) is 18.3 Å². The van der Waals surface area contributed by atoms with Crippen molar-refractivity contribution in [1.82, 2.24) is 0 Å². The lowest BCUT2D eigenvalue weighted by Crippen LogP contribution is -2.53. The van der Waals surface area contributed by atoms with Gasteiger partial charge in [0.05, 0.1) is 12.0 Å². The van der Waals surface area contributed by atoms with Gasteiger partial charge in [-0.2, -0.15) is 0 Å². The molecular formula is C20H34O3Si. The summed E-state index contributed by atoms with van der Waals surface area (Å²) in [6.45, 7) is 11.5. The third kappa shape index (κ3) is 2.84. The smallest absolute Gasteiger partial charge is 0.192 e. The molecule has 4 atom stereocenters. The van der Waals surface area contributed by atoms with Gasteiger partial charge in [0.1, 0.15) is 11.6 Å². The molecule has 3 aliphatic carbocycles. The highest BCUT2D eigenvalue weighted by atomic mass is 28.4. The lowest BCUT2D eigenvalue weighted by Gasteiger charge is -2.48. The van der Waals surface area contributed by atoms with Gasteiger partial charge in [-0.3, -0.25) is 9.59 Å². The van der Waals surface area contributed by atoms with E-state index in [9.17, 15) is 9.59 Å². The maximum absolute atomic E-state index is 12.8. The number of rotatable bonds is 2. The maximum Gasteiger partial charge on any atom is 0.192 e. The van der Waals surface area contributed by atoms with Crippen molar-refractivity contribution in [2.75, 3.05) is 0 Å². The van der Waals surface area contributed by atoms with E-state index in [-0.39, 0.29) is 34.0 Å². The van der Waals surface area contributed by atoms with Crippen molar-refractivity contribution in [3.8, 4) is 0 Å². The van der Waals surface area contributed by atoms with Crippen molar-refractivity contribution in [2.45, 2.75) is 96.4 Å². The summed E-state index contributed by atoms with van der Waals surface area (Å²) in [5, 5.41) is 0.154. The van der Waals surface area contributed by atoms with Gasteiger partial charge in [-0.15, -0.1) is 0 Å². The van der Waals surface area contributed by atoms with Crippen LogP contribution in [0.4, 0.5) is 0 Å². The number of carbonyl (C=O) groups excluding carboxylic acids is 2. The molecule has 0 aliphatic heterocycles. The van der Waals surface area contributed by atoms with Gasteiger partial charge in [0.15, 0.2) is 8.32 Å². The minimum atomic E-state index is -1.93. The maximum atomic E-state index is 12.8. The number of hydrogen-bond acceptors (Lipinski definition) is 3. The molecule has 3 aliphatic rings. The molecule has 0 saturated heterocycles. The van der Waals surface area contributed by atoms with Crippen LogP contribution in [0.3, 0.4) is 0 Å². The second-order valence-corrected chi connectivity index (χ2v) is 14.7. The van der Waals surface area contributed by atoms with E-state index in [1.54, 1.807) is 0 Å². The van der Waals surface area contributed by atoms with Crippen LogP contribution in [0.1, 0.15) is 72.1 Å². The molecule has 0 heterocycles. The Balaban J connectivity index is 2.04. The fourth-order valence-corrected chi connectivity index (χ4v) is 6.56. The molecule has 0 aromatic rings. The van der Waals surface area contributed by atoms with Crippen LogP contribution in [0.25, 0.3) is 0 Å². The number of ketones is 2. The van der Waals surface area contributed by atoms with E-state index in [1.165, 1.54) is 6.42 Å². The summed E-state index contributed by atoms with van der Waals surface area (Å²) < 4.78 is 7.01. The molecule has 0 N–H and O–H groups in total. The van der Waals surface area contributed by atoms with Crippen LogP contribution in [0.2, 0.25) is 18.1 Å². The summed E-state index contributed by atoms with van der Waals surface area (Å²) >= 11 is 0. The van der Waals surface area contributed by atoms with Crippen LogP contribution in [0, 0.1) is 17.3 Å². The highest BCUT2D eigenvalue weighted by Crippen LogP contribution is 2.57. The van der Waals surface area contributed by atoms with E-state index in [2.05, 4.69) is 33.9 Å². The van der Waals surface area contributed by atoms with Crippen LogP contribution in [0.15, 0.2) is 0 Å². The van der Waals surface area contributed by atoms with Gasteiger partial charge in [-0.05, 0) is 49.7 Å². The minimum absolute atomic E-state index is 0.115. The lowest BCUT2D eigenvalue weighted by molar-refractivity contribution is -0.136. The lowest BCUT2D eigenvalue weighted by atomic mass is 9.68. The van der Waals surface area contributed by atoms with Crippen LogP contribution in [0.5, 0.6) is 0 Å². The standard InChI is InChI=1S/C20H34O3Si/c1-19(2,3)24(4,5)23-18-14-8-6-7-12-20(18)13-11-16(22)17(20)15(21)10-9-14/h14,17-18H,6-13H2,1-5H3/t14-,17+,18-,20-/m0/s1. The zero-order valence-corrected chi connectivity index (χ0v) is 17.1. The van der Waals surface area contributed by atoms with Gasteiger partial charge in [-0.25, -0.2) is 0 Å². The second-order valence-electron chi connectivity index (χ2n) is 9.94. The van der Waals surface area contributed by atoms with Crippen molar-refractivity contribution in [3.05, 3.63) is 0 Å². The van der Waals surface area contributed by atoms with E-state index in [1.807, 2.05) is 0 Å². The molecule has 136 valence electrons. The van der Waals surface area contributed by atoms with Crippen molar-refractivity contribution in [3.63, 3.8) is 0 Å². The molecule has 3 fully saturated rings. The number of Topliss-reactive ketones (excluding diaryl/α,β-unsaturated/α-hetero) is 2. The van der Waals surface area contributed by atoms with Crippen LogP contribution in [-0.4, -0.2) is 26.0 Å². The number of carbonyl (C=O) groups is 2. The Labute approximate surface area is 148 Å². The Bertz CT molecular complexity index is 533. The first-order valence-corrected chi connectivity index (χ1v) is 12.7. The minimum Gasteiger partial charge on any atom is -0.413 e. The van der Waals surface area contributed by atoms with E-state index in [0.717, 1.165) is 32.1 Å². The summed E-state index contributed by atoms with van der Waals surface area (Å²) in [6.07, 6.45) is 7.61. The zero-order valence-electron chi connectivity index (χ0n) is 16.1. The second kappa shape index (κ2) is 6.05. The van der Waals surface area contributed by atoms with Gasteiger partial charge >= 0.3 is 0 Å². The monoisotopic (exact) mass is 350 g/mol. The Morgan fingerprint density at radius 1 is 1.00 bits per heavy atom. The van der Waals surface area contributed by atoms with Crippen LogP contribution >= 0.6 is 0 Å². The van der Waals surface area contributed by atoms with Crippen molar-refractivity contribution in [1.29, 1.82) is 0 Å². The third-order valence-corrected chi connectivity index (χ3v) is 12.0. The Morgan fingerprint density at radius 3 is 2.33 bits per heavy atom. The zero-order chi connectivity index (χ0) is 17.8.